The van der Waals surface area contributed by atoms with Gasteiger partial charge in [-0.25, -0.2) is 0 Å². The predicted molar refractivity (Wildman–Crippen MR) is 45.5 cm³/mol. The maximum absolute atomic E-state index is 11.2. The molecule has 0 saturated carbocycles. The summed E-state index contributed by atoms with van der Waals surface area (Å²) in [5.74, 6) is -0.533. The number of carbonyl (C=O) groups excluding carboxylic acids is 1. The molecule has 3 nitrogen and oxygen atoms in total. The van der Waals surface area contributed by atoms with Crippen LogP contribution in [0.2, 0.25) is 0 Å². The van der Waals surface area contributed by atoms with Gasteiger partial charge in [-0.1, -0.05) is 6.92 Å². The normalized spacial score (nSPS) is 14.2. The first-order valence-corrected chi connectivity index (χ1v) is 6.27. The number of rotatable bonds is 3. The van der Waals surface area contributed by atoms with E-state index in [1.807, 2.05) is 0 Å². The lowest BCUT2D eigenvalue weighted by Crippen LogP contribution is -2.16. The molecular weight excluding hydrogens is 163 g/mol. The zero-order valence-electron chi connectivity index (χ0n) is 7.46. The van der Waals surface area contributed by atoms with Crippen molar-refractivity contribution in [1.82, 2.24) is 0 Å². The summed E-state index contributed by atoms with van der Waals surface area (Å²) in [6, 6.07) is 0. The van der Waals surface area contributed by atoms with Crippen LogP contribution in [0.1, 0.15) is 6.92 Å². The Morgan fingerprint density at radius 3 is 2.27 bits per heavy atom. The highest BCUT2D eigenvalue weighted by Gasteiger charge is 2.19. The van der Waals surface area contributed by atoms with E-state index in [1.54, 1.807) is 20.3 Å². The van der Waals surface area contributed by atoms with Crippen LogP contribution >= 0.6 is 7.14 Å². The van der Waals surface area contributed by atoms with E-state index in [2.05, 4.69) is 4.74 Å². The predicted octanol–water partition coefficient (Wildman–Crippen LogP) is 1.42. The van der Waals surface area contributed by atoms with E-state index in [4.69, 9.17) is 0 Å². The summed E-state index contributed by atoms with van der Waals surface area (Å²) in [4.78, 5) is 10.8. The number of hydrogen-bond acceptors (Lipinski definition) is 3. The fourth-order valence-corrected chi connectivity index (χ4v) is 2.40. The summed E-state index contributed by atoms with van der Waals surface area (Å²) in [5.41, 5.74) is 0. The molecule has 0 spiro atoms. The van der Waals surface area contributed by atoms with Crippen LogP contribution in [0.5, 0.6) is 0 Å². The molecule has 0 unspecified atom stereocenters. The molecule has 0 aromatic carbocycles. The fourth-order valence-electron chi connectivity index (χ4n) is 0.935. The lowest BCUT2D eigenvalue weighted by Gasteiger charge is -2.11. The van der Waals surface area contributed by atoms with Gasteiger partial charge in [-0.3, -0.25) is 4.79 Å². The van der Waals surface area contributed by atoms with Crippen LogP contribution < -0.4 is 0 Å². The number of hydrogen-bond donors (Lipinski definition) is 0. The highest BCUT2D eigenvalue weighted by atomic mass is 31.2. The second-order valence-corrected chi connectivity index (χ2v) is 6.69. The molecule has 0 aromatic rings. The average Bonchev–Trinajstić information content (AvgIpc) is 1.82. The van der Waals surface area contributed by atoms with Crippen LogP contribution in [0.25, 0.3) is 0 Å². The van der Waals surface area contributed by atoms with E-state index in [-0.39, 0.29) is 11.9 Å². The van der Waals surface area contributed by atoms with Crippen molar-refractivity contribution in [2.75, 3.05) is 26.6 Å². The van der Waals surface area contributed by atoms with Crippen molar-refractivity contribution in [3.8, 4) is 0 Å². The molecule has 0 N–H and O–H groups in total. The Balaban J connectivity index is 3.98. The third kappa shape index (κ3) is 5.02. The molecule has 1 atom stereocenters. The van der Waals surface area contributed by atoms with Crippen LogP contribution in [0.4, 0.5) is 0 Å². The molecule has 0 aliphatic rings. The first-order valence-electron chi connectivity index (χ1n) is 3.48. The number of methoxy groups -OCH3 is 1. The van der Waals surface area contributed by atoms with Crippen LogP contribution in [-0.2, 0) is 14.1 Å². The van der Waals surface area contributed by atoms with E-state index >= 15 is 0 Å². The molecule has 11 heavy (non-hydrogen) atoms. The molecule has 0 aliphatic heterocycles. The second kappa shape index (κ2) is 3.91. The van der Waals surface area contributed by atoms with Crippen molar-refractivity contribution in [2.45, 2.75) is 6.92 Å². The summed E-state index contributed by atoms with van der Waals surface area (Å²) in [5, 5.41) is 0. The Hall–Kier alpha value is -0.300. The van der Waals surface area contributed by atoms with Gasteiger partial charge in [0.2, 0.25) is 0 Å². The summed E-state index contributed by atoms with van der Waals surface area (Å²) in [6.45, 7) is 5.07. The highest BCUT2D eigenvalue weighted by molar-refractivity contribution is 7.62. The Kier molecular flexibility index (Phi) is 3.81. The van der Waals surface area contributed by atoms with Crippen molar-refractivity contribution >= 4 is 13.1 Å². The Morgan fingerprint density at radius 1 is 1.55 bits per heavy atom. The topological polar surface area (TPSA) is 43.4 Å². The van der Waals surface area contributed by atoms with E-state index in [9.17, 15) is 9.36 Å². The molecule has 4 heteroatoms. The van der Waals surface area contributed by atoms with Gasteiger partial charge in [0.05, 0.1) is 20.2 Å². The van der Waals surface area contributed by atoms with Gasteiger partial charge in [0.1, 0.15) is 0 Å². The SMILES string of the molecule is COC(=O)[C@H](C)CP(C)(C)=O. The van der Waals surface area contributed by atoms with E-state index in [0.717, 1.165) is 0 Å². The maximum atomic E-state index is 11.2. The molecular formula is C7H15O3P. The Morgan fingerprint density at radius 2 is 2.00 bits per heavy atom. The van der Waals surface area contributed by atoms with Gasteiger partial charge in [-0.05, 0) is 13.3 Å². The van der Waals surface area contributed by atoms with Crippen LogP contribution in [0.15, 0.2) is 0 Å². The summed E-state index contributed by atoms with van der Waals surface area (Å²) < 4.78 is 15.7. The summed E-state index contributed by atoms with van der Waals surface area (Å²) in [6.07, 6.45) is 0.430. The van der Waals surface area contributed by atoms with Gasteiger partial charge in [0.15, 0.2) is 0 Å². The Labute approximate surface area is 67.5 Å². The fraction of sp³-hybridized carbons (Fsp3) is 0.857. The van der Waals surface area contributed by atoms with Crippen molar-refractivity contribution in [1.29, 1.82) is 0 Å². The average molecular weight is 178 g/mol. The molecule has 0 amide bonds. The smallest absolute Gasteiger partial charge is 0.308 e. The van der Waals surface area contributed by atoms with Gasteiger partial charge in [-0.15, -0.1) is 0 Å². The van der Waals surface area contributed by atoms with E-state index < -0.39 is 7.14 Å². The first-order chi connectivity index (χ1) is 4.87. The molecule has 0 radical (unpaired) electrons. The maximum Gasteiger partial charge on any atom is 0.308 e. The van der Waals surface area contributed by atoms with Crippen molar-refractivity contribution < 1.29 is 14.1 Å². The standard InChI is InChI=1S/C7H15O3P/c1-6(7(8)10-2)5-11(3,4)9/h6H,5H2,1-4H3/t6-/m1/s1. The van der Waals surface area contributed by atoms with Crippen molar-refractivity contribution in [2.24, 2.45) is 5.92 Å². The van der Waals surface area contributed by atoms with Crippen LogP contribution in [0.3, 0.4) is 0 Å². The first kappa shape index (κ1) is 10.7. The van der Waals surface area contributed by atoms with Crippen LogP contribution in [-0.4, -0.2) is 32.6 Å². The summed E-state index contributed by atoms with van der Waals surface area (Å²) in [7, 11) is -0.747. The second-order valence-electron chi connectivity index (χ2n) is 3.18. The number of ether oxygens (including phenoxy) is 1. The van der Waals surface area contributed by atoms with Crippen LogP contribution in [0, 0.1) is 5.92 Å². The molecule has 0 rings (SSSR count). The quantitative estimate of drug-likeness (QED) is 0.485. The Bertz CT molecular complexity index is 182. The lowest BCUT2D eigenvalue weighted by molar-refractivity contribution is -0.144. The zero-order chi connectivity index (χ0) is 9.07. The van der Waals surface area contributed by atoms with Gasteiger partial charge in [0, 0.05) is 6.16 Å². The number of carbonyl (C=O) groups is 1. The highest BCUT2D eigenvalue weighted by Crippen LogP contribution is 2.38. The van der Waals surface area contributed by atoms with Gasteiger partial charge in [0.25, 0.3) is 0 Å². The molecule has 0 heterocycles. The zero-order valence-corrected chi connectivity index (χ0v) is 8.35. The molecule has 0 aliphatic carbocycles. The van der Waals surface area contributed by atoms with Crippen molar-refractivity contribution in [3.05, 3.63) is 0 Å². The minimum absolute atomic E-state index is 0.249. The van der Waals surface area contributed by atoms with Gasteiger partial charge >= 0.3 is 5.97 Å². The molecule has 0 aromatic heterocycles. The number of esters is 1. The molecule has 66 valence electrons. The molecule has 0 fully saturated rings. The third-order valence-corrected chi connectivity index (χ3v) is 2.74. The van der Waals surface area contributed by atoms with E-state index in [0.29, 0.717) is 6.16 Å². The lowest BCUT2D eigenvalue weighted by atomic mass is 10.2. The summed E-state index contributed by atoms with van der Waals surface area (Å²) >= 11 is 0. The van der Waals surface area contributed by atoms with Gasteiger partial charge in [-0.2, -0.15) is 0 Å². The minimum Gasteiger partial charge on any atom is -0.469 e. The van der Waals surface area contributed by atoms with E-state index in [1.165, 1.54) is 7.11 Å². The van der Waals surface area contributed by atoms with Gasteiger partial charge < -0.3 is 9.30 Å². The largest absolute Gasteiger partial charge is 0.469 e. The molecule has 0 saturated heterocycles. The van der Waals surface area contributed by atoms with Crippen molar-refractivity contribution in [3.63, 3.8) is 0 Å². The monoisotopic (exact) mass is 178 g/mol. The molecule has 0 bridgehead atoms. The minimum atomic E-state index is -2.09. The third-order valence-electron chi connectivity index (χ3n) is 1.32.